The highest BCUT2D eigenvalue weighted by atomic mass is 16.1. The third-order valence-corrected chi connectivity index (χ3v) is 2.43. The van der Waals surface area contributed by atoms with Crippen LogP contribution >= 0.6 is 0 Å². The van der Waals surface area contributed by atoms with E-state index >= 15 is 0 Å². The van der Waals surface area contributed by atoms with E-state index in [-0.39, 0.29) is 0 Å². The van der Waals surface area contributed by atoms with Gasteiger partial charge in [-0.15, -0.1) is 5.10 Å². The second-order valence-corrected chi connectivity index (χ2v) is 3.49. The van der Waals surface area contributed by atoms with Crippen molar-refractivity contribution in [3.8, 4) is 0 Å². The number of aromatic nitrogens is 3. The summed E-state index contributed by atoms with van der Waals surface area (Å²) < 4.78 is 1.87. The van der Waals surface area contributed by atoms with Crippen LogP contribution < -0.4 is 0 Å². The van der Waals surface area contributed by atoms with Gasteiger partial charge in [0.25, 0.3) is 0 Å². The highest BCUT2D eigenvalue weighted by Gasteiger charge is 2.14. The second-order valence-electron chi connectivity index (χ2n) is 3.49. The van der Waals surface area contributed by atoms with Gasteiger partial charge in [-0.3, -0.25) is 4.79 Å². The summed E-state index contributed by atoms with van der Waals surface area (Å²) in [5.74, 6) is 0. The van der Waals surface area contributed by atoms with Gasteiger partial charge in [0.15, 0.2) is 6.29 Å². The maximum absolute atomic E-state index is 10.7. The maximum Gasteiger partial charge on any atom is 0.172 e. The minimum atomic E-state index is 0.317. The molecule has 0 fully saturated rings. The Kier molecular flexibility index (Phi) is 3.80. The van der Waals surface area contributed by atoms with Crippen LogP contribution in [0.4, 0.5) is 0 Å². The van der Waals surface area contributed by atoms with Crippen molar-refractivity contribution in [3.05, 3.63) is 11.4 Å². The zero-order valence-corrected chi connectivity index (χ0v) is 9.03. The highest BCUT2D eigenvalue weighted by Crippen LogP contribution is 2.15. The molecule has 14 heavy (non-hydrogen) atoms. The molecule has 0 saturated heterocycles. The minimum Gasteiger partial charge on any atom is -0.296 e. The van der Waals surface area contributed by atoms with Gasteiger partial charge in [0.2, 0.25) is 0 Å². The zero-order chi connectivity index (χ0) is 10.6. The maximum atomic E-state index is 10.7. The smallest absolute Gasteiger partial charge is 0.172 e. The molecule has 0 aromatic carbocycles. The Hall–Kier alpha value is -1.19. The van der Waals surface area contributed by atoms with Crippen molar-refractivity contribution in [1.82, 2.24) is 15.0 Å². The minimum absolute atomic E-state index is 0.317. The van der Waals surface area contributed by atoms with Gasteiger partial charge in [-0.2, -0.15) is 0 Å². The zero-order valence-electron chi connectivity index (χ0n) is 9.03. The highest BCUT2D eigenvalue weighted by molar-refractivity contribution is 5.73. The molecule has 0 aliphatic heterocycles. The second kappa shape index (κ2) is 4.88. The molecule has 1 heterocycles. The molecule has 1 atom stereocenters. The van der Waals surface area contributed by atoms with Crippen molar-refractivity contribution in [3.63, 3.8) is 0 Å². The van der Waals surface area contributed by atoms with Crippen LogP contribution in [-0.4, -0.2) is 21.3 Å². The molecule has 0 saturated carbocycles. The molecule has 0 aliphatic carbocycles. The Morgan fingerprint density at radius 2 is 2.21 bits per heavy atom. The molecule has 0 radical (unpaired) electrons. The molecule has 1 aromatic rings. The third-order valence-electron chi connectivity index (χ3n) is 2.43. The summed E-state index contributed by atoms with van der Waals surface area (Å²) >= 11 is 0. The lowest BCUT2D eigenvalue weighted by molar-refractivity contribution is 0.111. The summed E-state index contributed by atoms with van der Waals surface area (Å²) in [6.45, 7) is 6.27. The van der Waals surface area contributed by atoms with Crippen LogP contribution in [0.25, 0.3) is 0 Å². The van der Waals surface area contributed by atoms with E-state index in [1.54, 1.807) is 0 Å². The molecule has 4 nitrogen and oxygen atoms in total. The van der Waals surface area contributed by atoms with Crippen LogP contribution in [0.1, 0.15) is 55.8 Å². The van der Waals surface area contributed by atoms with Gasteiger partial charge in [-0.05, 0) is 19.8 Å². The van der Waals surface area contributed by atoms with Gasteiger partial charge in [0, 0.05) is 0 Å². The fourth-order valence-corrected chi connectivity index (χ4v) is 1.42. The van der Waals surface area contributed by atoms with Crippen molar-refractivity contribution >= 4 is 6.29 Å². The summed E-state index contributed by atoms with van der Waals surface area (Å²) in [5, 5.41) is 7.88. The molecule has 0 N–H and O–H groups in total. The van der Waals surface area contributed by atoms with Crippen LogP contribution in [0.15, 0.2) is 0 Å². The SMILES string of the molecule is CCCc1c(C=O)nnn1C(C)CC. The first-order valence-corrected chi connectivity index (χ1v) is 5.13. The quantitative estimate of drug-likeness (QED) is 0.675. The average molecular weight is 195 g/mol. The fourth-order valence-electron chi connectivity index (χ4n) is 1.42. The normalized spacial score (nSPS) is 12.8. The predicted molar refractivity (Wildman–Crippen MR) is 54.4 cm³/mol. The van der Waals surface area contributed by atoms with Gasteiger partial charge in [0.1, 0.15) is 5.69 Å². The number of nitrogens with zero attached hydrogens (tertiary/aromatic N) is 3. The van der Waals surface area contributed by atoms with Crippen LogP contribution in [-0.2, 0) is 6.42 Å². The molecular weight excluding hydrogens is 178 g/mol. The number of carbonyl (C=O) groups excluding carboxylic acids is 1. The number of hydrogen-bond acceptors (Lipinski definition) is 3. The molecule has 0 bridgehead atoms. The van der Waals surface area contributed by atoms with E-state index in [0.29, 0.717) is 11.7 Å². The van der Waals surface area contributed by atoms with Gasteiger partial charge in [0.05, 0.1) is 11.7 Å². The Balaban J connectivity index is 3.03. The van der Waals surface area contributed by atoms with E-state index in [9.17, 15) is 4.79 Å². The van der Waals surface area contributed by atoms with E-state index in [1.165, 1.54) is 0 Å². The molecule has 1 unspecified atom stereocenters. The first kappa shape index (κ1) is 10.9. The van der Waals surface area contributed by atoms with Crippen LogP contribution in [0.5, 0.6) is 0 Å². The summed E-state index contributed by atoms with van der Waals surface area (Å²) in [6.07, 6.45) is 3.66. The molecule has 0 amide bonds. The van der Waals surface area contributed by atoms with Gasteiger partial charge in [-0.25, -0.2) is 4.68 Å². The molecular formula is C10H17N3O. The van der Waals surface area contributed by atoms with Crippen LogP contribution in [0.2, 0.25) is 0 Å². The summed E-state index contributed by atoms with van der Waals surface area (Å²) in [5.41, 5.74) is 1.46. The Labute approximate surface area is 84.3 Å². The van der Waals surface area contributed by atoms with Crippen molar-refractivity contribution < 1.29 is 4.79 Å². The summed E-state index contributed by atoms with van der Waals surface area (Å²) in [7, 11) is 0. The lowest BCUT2D eigenvalue weighted by atomic mass is 10.2. The lowest BCUT2D eigenvalue weighted by Gasteiger charge is -2.11. The average Bonchev–Trinajstić information content (AvgIpc) is 2.60. The molecule has 0 spiro atoms. The number of aldehydes is 1. The number of carbonyl (C=O) groups is 1. The lowest BCUT2D eigenvalue weighted by Crippen LogP contribution is -2.10. The molecule has 1 aromatic heterocycles. The first-order valence-electron chi connectivity index (χ1n) is 5.13. The fraction of sp³-hybridized carbons (Fsp3) is 0.700. The van der Waals surface area contributed by atoms with E-state index in [0.717, 1.165) is 31.2 Å². The Morgan fingerprint density at radius 1 is 1.50 bits per heavy atom. The summed E-state index contributed by atoms with van der Waals surface area (Å²) in [4.78, 5) is 10.7. The predicted octanol–water partition coefficient (Wildman–Crippen LogP) is 2.01. The van der Waals surface area contributed by atoms with Crippen LogP contribution in [0.3, 0.4) is 0 Å². The molecule has 78 valence electrons. The molecule has 0 aliphatic rings. The number of rotatable bonds is 5. The van der Waals surface area contributed by atoms with Crippen molar-refractivity contribution in [2.45, 2.75) is 46.1 Å². The van der Waals surface area contributed by atoms with E-state index in [4.69, 9.17) is 0 Å². The number of hydrogen-bond donors (Lipinski definition) is 0. The standard InChI is InChI=1S/C10H17N3O/c1-4-6-10-9(7-14)11-12-13(10)8(3)5-2/h7-8H,4-6H2,1-3H3. The van der Waals surface area contributed by atoms with E-state index in [1.807, 2.05) is 4.68 Å². The van der Waals surface area contributed by atoms with Crippen LogP contribution in [0, 0.1) is 0 Å². The topological polar surface area (TPSA) is 47.8 Å². The van der Waals surface area contributed by atoms with Gasteiger partial charge < -0.3 is 0 Å². The van der Waals surface area contributed by atoms with Gasteiger partial charge >= 0.3 is 0 Å². The van der Waals surface area contributed by atoms with Crippen molar-refractivity contribution in [2.24, 2.45) is 0 Å². The Bertz CT molecular complexity index is 306. The van der Waals surface area contributed by atoms with E-state index in [2.05, 4.69) is 31.1 Å². The van der Waals surface area contributed by atoms with E-state index < -0.39 is 0 Å². The largest absolute Gasteiger partial charge is 0.296 e. The van der Waals surface area contributed by atoms with Gasteiger partial charge in [-0.1, -0.05) is 25.5 Å². The first-order chi connectivity index (χ1) is 6.74. The third kappa shape index (κ3) is 2.00. The van der Waals surface area contributed by atoms with Crippen molar-refractivity contribution in [2.75, 3.05) is 0 Å². The monoisotopic (exact) mass is 195 g/mol. The Morgan fingerprint density at radius 3 is 2.71 bits per heavy atom. The molecule has 1 rings (SSSR count). The summed E-state index contributed by atoms with van der Waals surface area (Å²) in [6, 6.07) is 0.317. The molecule has 4 heteroatoms. The van der Waals surface area contributed by atoms with Crippen molar-refractivity contribution in [1.29, 1.82) is 0 Å².